The number of imidazole rings is 1. The number of carboxylic acids is 1. The van der Waals surface area contributed by atoms with Crippen molar-refractivity contribution in [3.05, 3.63) is 18.7 Å². The van der Waals surface area contributed by atoms with Crippen LogP contribution in [0.3, 0.4) is 0 Å². The molecule has 2 rings (SSSR count). The molecule has 3 N–H and O–H groups in total. The molecule has 0 radical (unpaired) electrons. The topological polar surface area (TPSA) is 96.3 Å². The summed E-state index contributed by atoms with van der Waals surface area (Å²) in [4.78, 5) is 27.4. The number of urea groups is 1. The van der Waals surface area contributed by atoms with Gasteiger partial charge in [0.05, 0.1) is 6.33 Å². The van der Waals surface area contributed by atoms with Crippen LogP contribution in [0.1, 0.15) is 32.6 Å². The van der Waals surface area contributed by atoms with Gasteiger partial charge in [0.2, 0.25) is 0 Å². The summed E-state index contributed by atoms with van der Waals surface area (Å²) in [6.07, 6.45) is 7.95. The maximum Gasteiger partial charge on any atom is 0.329 e. The fourth-order valence-corrected chi connectivity index (χ4v) is 2.89. The van der Waals surface area contributed by atoms with Crippen LogP contribution < -0.4 is 10.6 Å². The maximum atomic E-state index is 11.9. The number of nitrogens with one attached hydrogen (secondary N) is 2. The first-order valence-corrected chi connectivity index (χ1v) is 7.27. The third-order valence-electron chi connectivity index (χ3n) is 3.97. The van der Waals surface area contributed by atoms with E-state index >= 15 is 0 Å². The van der Waals surface area contributed by atoms with E-state index in [1.807, 2.05) is 11.5 Å². The standard InChI is InChI=1S/C14H22N4O3/c1-11-3-2-4-14(9-11,12(19)20)17-13(21)16-6-8-18-7-5-15-10-18/h5,7,10-11H,2-4,6,8-9H2,1H3,(H,19,20)(H2,16,17,21). The second-order valence-electron chi connectivity index (χ2n) is 5.77. The molecule has 2 atom stereocenters. The second-order valence-corrected chi connectivity index (χ2v) is 5.77. The van der Waals surface area contributed by atoms with Crippen LogP contribution in [0.2, 0.25) is 0 Å². The molecular formula is C14H22N4O3. The number of hydrogen-bond acceptors (Lipinski definition) is 3. The lowest BCUT2D eigenvalue weighted by molar-refractivity contribution is -0.146. The Balaban J connectivity index is 1.85. The summed E-state index contributed by atoms with van der Waals surface area (Å²) in [7, 11) is 0. The van der Waals surface area contributed by atoms with E-state index < -0.39 is 17.5 Å². The maximum absolute atomic E-state index is 11.9. The highest BCUT2D eigenvalue weighted by molar-refractivity contribution is 5.86. The summed E-state index contributed by atoms with van der Waals surface area (Å²) in [6, 6.07) is -0.424. The molecular weight excluding hydrogens is 272 g/mol. The quantitative estimate of drug-likeness (QED) is 0.760. The minimum Gasteiger partial charge on any atom is -0.480 e. The van der Waals surface area contributed by atoms with Crippen LogP contribution in [-0.4, -0.2) is 38.7 Å². The second kappa shape index (κ2) is 6.60. The predicted molar refractivity (Wildman–Crippen MR) is 76.8 cm³/mol. The highest BCUT2D eigenvalue weighted by Crippen LogP contribution is 2.32. The minimum absolute atomic E-state index is 0.307. The lowest BCUT2D eigenvalue weighted by atomic mass is 9.76. The molecule has 7 heteroatoms. The third-order valence-corrected chi connectivity index (χ3v) is 3.97. The highest BCUT2D eigenvalue weighted by atomic mass is 16.4. The van der Waals surface area contributed by atoms with Crippen molar-refractivity contribution in [1.82, 2.24) is 20.2 Å². The molecule has 0 bridgehead atoms. The Bertz CT molecular complexity index is 488. The number of rotatable bonds is 5. The summed E-state index contributed by atoms with van der Waals surface area (Å²) in [5.74, 6) is -0.639. The Kier molecular flexibility index (Phi) is 4.82. The first kappa shape index (κ1) is 15.3. The van der Waals surface area contributed by atoms with E-state index in [1.54, 1.807) is 18.7 Å². The number of amides is 2. The molecule has 0 saturated heterocycles. The van der Waals surface area contributed by atoms with Crippen molar-refractivity contribution in [2.75, 3.05) is 6.54 Å². The van der Waals surface area contributed by atoms with Gasteiger partial charge >= 0.3 is 12.0 Å². The fourth-order valence-electron chi connectivity index (χ4n) is 2.89. The summed E-state index contributed by atoms with van der Waals surface area (Å²) in [5, 5.41) is 14.8. The zero-order valence-corrected chi connectivity index (χ0v) is 12.2. The average molecular weight is 294 g/mol. The molecule has 2 amide bonds. The Morgan fingerprint density at radius 1 is 1.52 bits per heavy atom. The monoisotopic (exact) mass is 294 g/mol. The van der Waals surface area contributed by atoms with Gasteiger partial charge in [0.25, 0.3) is 0 Å². The Hall–Kier alpha value is -2.05. The molecule has 0 spiro atoms. The SMILES string of the molecule is CC1CCCC(NC(=O)NCCn2ccnc2)(C(=O)O)C1. The molecule has 0 aliphatic heterocycles. The van der Waals surface area contributed by atoms with E-state index in [0.29, 0.717) is 31.8 Å². The minimum atomic E-state index is -1.13. The Labute approximate surface area is 123 Å². The zero-order chi connectivity index (χ0) is 15.3. The molecule has 1 heterocycles. The van der Waals surface area contributed by atoms with Crippen molar-refractivity contribution in [3.8, 4) is 0 Å². The molecule has 1 aromatic heterocycles. The van der Waals surface area contributed by atoms with Gasteiger partial charge in [-0.15, -0.1) is 0 Å². The van der Waals surface area contributed by atoms with Gasteiger partial charge in [-0.1, -0.05) is 19.8 Å². The molecule has 1 aliphatic rings. The van der Waals surface area contributed by atoms with Gasteiger partial charge < -0.3 is 20.3 Å². The lowest BCUT2D eigenvalue weighted by Gasteiger charge is -2.37. The van der Waals surface area contributed by atoms with E-state index in [9.17, 15) is 14.7 Å². The van der Waals surface area contributed by atoms with Crippen LogP contribution in [0.15, 0.2) is 18.7 Å². The normalized spacial score (nSPS) is 25.3. The number of carboxylic acid groups (broad SMARTS) is 1. The van der Waals surface area contributed by atoms with Gasteiger partial charge in [-0.2, -0.15) is 0 Å². The number of hydrogen-bond donors (Lipinski definition) is 3. The van der Waals surface area contributed by atoms with Crippen LogP contribution in [0.25, 0.3) is 0 Å². The van der Waals surface area contributed by atoms with E-state index in [4.69, 9.17) is 0 Å². The first-order valence-electron chi connectivity index (χ1n) is 7.27. The summed E-state index contributed by atoms with van der Waals surface area (Å²) < 4.78 is 1.84. The Morgan fingerprint density at radius 3 is 2.95 bits per heavy atom. The van der Waals surface area contributed by atoms with E-state index in [-0.39, 0.29) is 0 Å². The van der Waals surface area contributed by atoms with Gasteiger partial charge in [0.15, 0.2) is 0 Å². The van der Waals surface area contributed by atoms with Crippen LogP contribution in [0, 0.1) is 5.92 Å². The van der Waals surface area contributed by atoms with Crippen molar-refractivity contribution in [3.63, 3.8) is 0 Å². The average Bonchev–Trinajstić information content (AvgIpc) is 2.91. The van der Waals surface area contributed by atoms with Crippen molar-refractivity contribution in [2.24, 2.45) is 5.92 Å². The zero-order valence-electron chi connectivity index (χ0n) is 12.2. The molecule has 7 nitrogen and oxygen atoms in total. The summed E-state index contributed by atoms with van der Waals surface area (Å²) >= 11 is 0. The number of aromatic nitrogens is 2. The van der Waals surface area contributed by atoms with E-state index in [2.05, 4.69) is 15.6 Å². The summed E-state index contributed by atoms with van der Waals surface area (Å²) in [6.45, 7) is 3.05. The molecule has 1 aromatic rings. The van der Waals surface area contributed by atoms with Crippen molar-refractivity contribution in [2.45, 2.75) is 44.7 Å². The van der Waals surface area contributed by atoms with Crippen molar-refractivity contribution >= 4 is 12.0 Å². The number of nitrogens with zero attached hydrogens (tertiary/aromatic N) is 2. The van der Waals surface area contributed by atoms with Crippen LogP contribution in [-0.2, 0) is 11.3 Å². The number of aliphatic carboxylic acids is 1. The van der Waals surface area contributed by atoms with Crippen LogP contribution in [0.5, 0.6) is 0 Å². The van der Waals surface area contributed by atoms with Gasteiger partial charge in [-0.25, -0.2) is 14.6 Å². The molecule has 2 unspecified atom stereocenters. The number of carbonyl (C=O) groups excluding carboxylic acids is 1. The molecule has 116 valence electrons. The highest BCUT2D eigenvalue weighted by Gasteiger charge is 2.43. The van der Waals surface area contributed by atoms with Gasteiger partial charge in [-0.05, 0) is 18.8 Å². The molecule has 1 fully saturated rings. The Morgan fingerprint density at radius 2 is 2.33 bits per heavy atom. The molecule has 1 aliphatic carbocycles. The van der Waals surface area contributed by atoms with Gasteiger partial charge in [0, 0.05) is 25.5 Å². The van der Waals surface area contributed by atoms with Gasteiger partial charge in [-0.3, -0.25) is 0 Å². The first-order chi connectivity index (χ1) is 10.0. The van der Waals surface area contributed by atoms with E-state index in [0.717, 1.165) is 12.8 Å². The van der Waals surface area contributed by atoms with Crippen LogP contribution in [0.4, 0.5) is 4.79 Å². The molecule has 21 heavy (non-hydrogen) atoms. The van der Waals surface area contributed by atoms with E-state index in [1.165, 1.54) is 0 Å². The van der Waals surface area contributed by atoms with Crippen molar-refractivity contribution in [1.29, 1.82) is 0 Å². The summed E-state index contributed by atoms with van der Waals surface area (Å²) in [5.41, 5.74) is -1.13. The lowest BCUT2D eigenvalue weighted by Crippen LogP contribution is -2.59. The van der Waals surface area contributed by atoms with Crippen molar-refractivity contribution < 1.29 is 14.7 Å². The largest absolute Gasteiger partial charge is 0.480 e. The fraction of sp³-hybridized carbons (Fsp3) is 0.643. The smallest absolute Gasteiger partial charge is 0.329 e. The molecule has 0 aromatic carbocycles. The third kappa shape index (κ3) is 3.96. The van der Waals surface area contributed by atoms with Crippen LogP contribution >= 0.6 is 0 Å². The molecule has 1 saturated carbocycles. The predicted octanol–water partition coefficient (Wildman–Crippen LogP) is 1.22. The van der Waals surface area contributed by atoms with Gasteiger partial charge in [0.1, 0.15) is 5.54 Å². The number of carbonyl (C=O) groups is 2.